The summed E-state index contributed by atoms with van der Waals surface area (Å²) in [4.78, 5) is 32.1. The number of ether oxygens (including phenoxy) is 1. The highest BCUT2D eigenvalue weighted by Crippen LogP contribution is 2.39. The Balaban J connectivity index is 1.86. The number of aromatic nitrogens is 3. The molecular formula is C25H15Cl2FN4O3S. The van der Waals surface area contributed by atoms with Gasteiger partial charge in [-0.2, -0.15) is 5.26 Å². The average molecular weight is 541 g/mol. The van der Waals surface area contributed by atoms with Crippen molar-refractivity contribution in [2.45, 2.75) is 13.0 Å². The zero-order valence-electron chi connectivity index (χ0n) is 18.6. The quantitative estimate of drug-likeness (QED) is 0.281. The molecule has 5 aromatic rings. The standard InChI is InChI=1S/C25H15Cl2FN4O3S/c1-35-20-8-14(16(27)9-17(20)28)21-10-18-23(36-21)24(33)32(25(34)31(18)7-3-6-29)19-12-30-11-13-4-2-5-15(26)22(13)19/h2,4-5,8-12H,3,7H2,1H3. The minimum absolute atomic E-state index is 0.0115. The molecule has 5 rings (SSSR count). The predicted octanol–water partition coefficient (Wildman–Crippen LogP) is 5.80. The number of fused-ring (bicyclic) bond motifs is 2. The van der Waals surface area contributed by atoms with Crippen LogP contribution in [0.5, 0.6) is 5.75 Å². The van der Waals surface area contributed by atoms with Crippen LogP contribution in [0.1, 0.15) is 6.42 Å². The normalized spacial score (nSPS) is 11.2. The maximum atomic E-state index is 14.1. The SMILES string of the molecule is COc1cc(-c2cc3c(s2)c(=O)n(-c2cncc4cccc(Cl)c24)c(=O)n3CCC#N)c(Cl)cc1F. The Kier molecular flexibility index (Phi) is 6.26. The third-order valence-electron chi connectivity index (χ3n) is 5.73. The third kappa shape index (κ3) is 3.84. The number of methoxy groups -OCH3 is 1. The van der Waals surface area contributed by atoms with Gasteiger partial charge in [0.25, 0.3) is 5.56 Å². The monoisotopic (exact) mass is 540 g/mol. The number of nitriles is 1. The van der Waals surface area contributed by atoms with E-state index in [1.807, 2.05) is 6.07 Å². The van der Waals surface area contributed by atoms with Crippen LogP contribution < -0.4 is 16.0 Å². The van der Waals surface area contributed by atoms with Gasteiger partial charge in [0.05, 0.1) is 47.0 Å². The molecule has 11 heteroatoms. The molecule has 0 amide bonds. The van der Waals surface area contributed by atoms with E-state index in [-0.39, 0.29) is 34.1 Å². The number of thiophene rings is 1. The lowest BCUT2D eigenvalue weighted by Crippen LogP contribution is -2.38. The minimum Gasteiger partial charge on any atom is -0.494 e. The predicted molar refractivity (Wildman–Crippen MR) is 139 cm³/mol. The van der Waals surface area contributed by atoms with Crippen LogP contribution in [0.4, 0.5) is 4.39 Å². The lowest BCUT2D eigenvalue weighted by molar-refractivity contribution is 0.387. The fourth-order valence-electron chi connectivity index (χ4n) is 4.09. The van der Waals surface area contributed by atoms with Gasteiger partial charge in [-0.15, -0.1) is 11.3 Å². The summed E-state index contributed by atoms with van der Waals surface area (Å²) < 4.78 is 21.8. The van der Waals surface area contributed by atoms with Gasteiger partial charge in [-0.25, -0.2) is 13.8 Å². The molecule has 0 N–H and O–H groups in total. The summed E-state index contributed by atoms with van der Waals surface area (Å²) in [6.07, 6.45) is 3.04. The van der Waals surface area contributed by atoms with Crippen LogP contribution in [0.2, 0.25) is 10.0 Å². The third-order valence-corrected chi connectivity index (χ3v) is 7.50. The zero-order valence-corrected chi connectivity index (χ0v) is 20.9. The Bertz CT molecular complexity index is 1830. The van der Waals surface area contributed by atoms with E-state index in [0.717, 1.165) is 22.0 Å². The van der Waals surface area contributed by atoms with Crippen molar-refractivity contribution in [3.8, 4) is 27.9 Å². The first-order valence-electron chi connectivity index (χ1n) is 10.6. The van der Waals surface area contributed by atoms with Crippen LogP contribution in [-0.2, 0) is 6.54 Å². The second-order valence-corrected chi connectivity index (χ2v) is 9.64. The molecule has 180 valence electrons. The lowest BCUT2D eigenvalue weighted by atomic mass is 10.1. The first-order chi connectivity index (χ1) is 17.3. The average Bonchev–Trinajstić information content (AvgIpc) is 3.30. The van der Waals surface area contributed by atoms with Crippen LogP contribution in [0.15, 0.2) is 58.4 Å². The summed E-state index contributed by atoms with van der Waals surface area (Å²) in [6.45, 7) is 0.0503. The van der Waals surface area contributed by atoms with E-state index >= 15 is 0 Å². The molecule has 0 aliphatic carbocycles. The zero-order chi connectivity index (χ0) is 25.6. The molecule has 0 bridgehead atoms. The van der Waals surface area contributed by atoms with E-state index in [2.05, 4.69) is 4.98 Å². The number of nitrogens with zero attached hydrogens (tertiary/aromatic N) is 4. The highest BCUT2D eigenvalue weighted by atomic mass is 35.5. The van der Waals surface area contributed by atoms with E-state index in [1.165, 1.54) is 23.9 Å². The van der Waals surface area contributed by atoms with Crippen LogP contribution in [-0.4, -0.2) is 21.2 Å². The molecule has 0 fully saturated rings. The summed E-state index contributed by atoms with van der Waals surface area (Å²) >= 11 is 13.9. The van der Waals surface area contributed by atoms with Gasteiger partial charge < -0.3 is 4.74 Å². The molecule has 0 aliphatic rings. The smallest absolute Gasteiger partial charge is 0.336 e. The van der Waals surface area contributed by atoms with Crippen LogP contribution >= 0.6 is 34.5 Å². The second kappa shape index (κ2) is 9.39. The number of hydrogen-bond acceptors (Lipinski definition) is 6. The molecule has 0 saturated heterocycles. The number of hydrogen-bond donors (Lipinski definition) is 0. The molecule has 36 heavy (non-hydrogen) atoms. The molecule has 2 aromatic carbocycles. The number of aryl methyl sites for hydroxylation is 1. The van der Waals surface area contributed by atoms with E-state index < -0.39 is 17.1 Å². The van der Waals surface area contributed by atoms with Crippen molar-refractivity contribution in [1.82, 2.24) is 14.1 Å². The number of pyridine rings is 1. The Labute approximate surface area is 217 Å². The Hall–Kier alpha value is -3.71. The second-order valence-electron chi connectivity index (χ2n) is 7.77. The highest BCUT2D eigenvalue weighted by Gasteiger charge is 2.21. The van der Waals surface area contributed by atoms with Crippen molar-refractivity contribution >= 4 is 55.5 Å². The molecule has 0 radical (unpaired) electrons. The van der Waals surface area contributed by atoms with Gasteiger partial charge in [0.1, 0.15) is 4.70 Å². The van der Waals surface area contributed by atoms with E-state index in [1.54, 1.807) is 30.5 Å². The molecule has 3 aromatic heterocycles. The summed E-state index contributed by atoms with van der Waals surface area (Å²) in [5, 5.41) is 10.8. The van der Waals surface area contributed by atoms with Gasteiger partial charge in [0.15, 0.2) is 11.6 Å². The molecular weight excluding hydrogens is 526 g/mol. The van der Waals surface area contributed by atoms with Gasteiger partial charge in [-0.05, 0) is 24.3 Å². The largest absolute Gasteiger partial charge is 0.494 e. The van der Waals surface area contributed by atoms with Crippen LogP contribution in [0, 0.1) is 17.1 Å². The molecule has 0 atom stereocenters. The Morgan fingerprint density at radius 3 is 2.72 bits per heavy atom. The number of halogens is 3. The van der Waals surface area contributed by atoms with Crippen molar-refractivity contribution in [2.75, 3.05) is 7.11 Å². The van der Waals surface area contributed by atoms with Crippen molar-refractivity contribution in [3.05, 3.63) is 85.5 Å². The van der Waals surface area contributed by atoms with Crippen molar-refractivity contribution < 1.29 is 9.13 Å². The van der Waals surface area contributed by atoms with E-state index in [0.29, 0.717) is 31.8 Å². The molecule has 3 heterocycles. The first kappa shape index (κ1) is 24.0. The molecule has 0 saturated carbocycles. The van der Waals surface area contributed by atoms with Crippen LogP contribution in [0.25, 0.3) is 37.1 Å². The van der Waals surface area contributed by atoms with E-state index in [4.69, 9.17) is 27.9 Å². The number of benzene rings is 2. The summed E-state index contributed by atoms with van der Waals surface area (Å²) in [5.74, 6) is -0.636. The van der Waals surface area contributed by atoms with Gasteiger partial charge in [0, 0.05) is 34.0 Å². The van der Waals surface area contributed by atoms with Gasteiger partial charge in [0.2, 0.25) is 0 Å². The topological polar surface area (TPSA) is 89.9 Å². The van der Waals surface area contributed by atoms with Gasteiger partial charge >= 0.3 is 5.69 Å². The summed E-state index contributed by atoms with van der Waals surface area (Å²) in [5.41, 5.74) is -0.188. The minimum atomic E-state index is -0.635. The lowest BCUT2D eigenvalue weighted by Gasteiger charge is -2.13. The Morgan fingerprint density at radius 2 is 1.97 bits per heavy atom. The fourth-order valence-corrected chi connectivity index (χ4v) is 5.79. The van der Waals surface area contributed by atoms with Crippen molar-refractivity contribution in [3.63, 3.8) is 0 Å². The molecule has 0 spiro atoms. The van der Waals surface area contributed by atoms with E-state index in [9.17, 15) is 19.2 Å². The van der Waals surface area contributed by atoms with Crippen molar-refractivity contribution in [1.29, 1.82) is 5.26 Å². The maximum Gasteiger partial charge on any atom is 0.336 e. The van der Waals surface area contributed by atoms with Crippen LogP contribution in [0.3, 0.4) is 0 Å². The molecule has 0 aliphatic heterocycles. The fraction of sp³-hybridized carbons (Fsp3) is 0.120. The van der Waals surface area contributed by atoms with Gasteiger partial charge in [-0.1, -0.05) is 35.3 Å². The molecule has 7 nitrogen and oxygen atoms in total. The Morgan fingerprint density at radius 1 is 1.17 bits per heavy atom. The first-order valence-corrected chi connectivity index (χ1v) is 12.1. The summed E-state index contributed by atoms with van der Waals surface area (Å²) in [7, 11) is 1.34. The highest BCUT2D eigenvalue weighted by molar-refractivity contribution is 7.22. The van der Waals surface area contributed by atoms with Crippen molar-refractivity contribution in [2.24, 2.45) is 0 Å². The summed E-state index contributed by atoms with van der Waals surface area (Å²) in [6, 6.07) is 11.4. The van der Waals surface area contributed by atoms with Gasteiger partial charge in [-0.3, -0.25) is 14.3 Å². The maximum absolute atomic E-state index is 14.1. The number of rotatable bonds is 5. The molecule has 0 unspecified atom stereocenters.